The first-order chi connectivity index (χ1) is 7.79. The maximum atomic E-state index is 9.51. The molecular weight excluding hydrogens is 226 g/mol. The number of azo groups is 1. The molecule has 2 N–H and O–H groups in total. The molecule has 1 heterocycles. The van der Waals surface area contributed by atoms with Gasteiger partial charge in [0.1, 0.15) is 11.4 Å². The van der Waals surface area contributed by atoms with Gasteiger partial charge in [-0.05, 0) is 17.7 Å². The average molecular weight is 235 g/mol. The van der Waals surface area contributed by atoms with Crippen molar-refractivity contribution in [3.05, 3.63) is 35.3 Å². The zero-order valence-corrected chi connectivity index (χ0v) is 9.05. The monoisotopic (exact) mass is 235 g/mol. The summed E-state index contributed by atoms with van der Waals surface area (Å²) in [6, 6.07) is 4.67. The van der Waals surface area contributed by atoms with Gasteiger partial charge in [-0.3, -0.25) is 0 Å². The summed E-state index contributed by atoms with van der Waals surface area (Å²) in [5.41, 5.74) is 0.993. The van der Waals surface area contributed by atoms with E-state index in [2.05, 4.69) is 15.2 Å². The van der Waals surface area contributed by atoms with E-state index in [-0.39, 0.29) is 12.4 Å². The molecule has 0 saturated heterocycles. The number of phenolic OH excluding ortho intramolecular Hbond substituents is 1. The third-order valence-electron chi connectivity index (χ3n) is 1.88. The Morgan fingerprint density at radius 2 is 2.19 bits per heavy atom. The zero-order valence-electron chi connectivity index (χ0n) is 8.24. The van der Waals surface area contributed by atoms with E-state index in [1.807, 2.05) is 0 Å². The van der Waals surface area contributed by atoms with Crippen molar-refractivity contribution in [3.8, 4) is 5.75 Å². The van der Waals surface area contributed by atoms with E-state index in [9.17, 15) is 5.11 Å². The Hall–Kier alpha value is -1.79. The number of aromatic nitrogens is 1. The lowest BCUT2D eigenvalue weighted by Gasteiger charge is -1.99. The maximum Gasteiger partial charge on any atom is 0.229 e. The maximum absolute atomic E-state index is 9.51. The van der Waals surface area contributed by atoms with Crippen LogP contribution in [0.2, 0.25) is 0 Å². The van der Waals surface area contributed by atoms with Gasteiger partial charge in [0.05, 0.1) is 6.61 Å². The molecule has 0 fully saturated rings. The zero-order chi connectivity index (χ0) is 11.4. The van der Waals surface area contributed by atoms with E-state index in [0.717, 1.165) is 0 Å². The van der Waals surface area contributed by atoms with Gasteiger partial charge in [-0.2, -0.15) is 0 Å². The molecule has 6 heteroatoms. The third kappa shape index (κ3) is 2.41. The quantitative estimate of drug-likeness (QED) is 0.803. The number of nitrogens with zero attached hydrogens (tertiary/aromatic N) is 3. The minimum atomic E-state index is -0.0972. The summed E-state index contributed by atoms with van der Waals surface area (Å²) in [5, 5.41) is 28.5. The number of hydrogen-bond acceptors (Lipinski definition) is 6. The van der Waals surface area contributed by atoms with Gasteiger partial charge < -0.3 is 10.2 Å². The van der Waals surface area contributed by atoms with Crippen LogP contribution in [0, 0.1) is 0 Å². The predicted molar refractivity (Wildman–Crippen MR) is 60.3 cm³/mol. The molecule has 82 valence electrons. The van der Waals surface area contributed by atoms with Gasteiger partial charge in [-0.1, -0.05) is 6.07 Å². The molecule has 0 saturated carbocycles. The number of aliphatic hydroxyl groups is 1. The van der Waals surface area contributed by atoms with Crippen molar-refractivity contribution in [3.63, 3.8) is 0 Å². The Morgan fingerprint density at radius 3 is 2.88 bits per heavy atom. The van der Waals surface area contributed by atoms with Crippen LogP contribution in [-0.2, 0) is 6.61 Å². The van der Waals surface area contributed by atoms with Crippen molar-refractivity contribution in [1.82, 2.24) is 4.98 Å². The van der Waals surface area contributed by atoms with Crippen molar-refractivity contribution in [2.24, 2.45) is 10.2 Å². The fraction of sp³-hybridized carbons (Fsp3) is 0.100. The highest BCUT2D eigenvalue weighted by Crippen LogP contribution is 2.29. The Bertz CT molecular complexity index is 497. The highest BCUT2D eigenvalue weighted by atomic mass is 32.1. The Morgan fingerprint density at radius 1 is 1.31 bits per heavy atom. The van der Waals surface area contributed by atoms with Crippen molar-refractivity contribution in [2.75, 3.05) is 0 Å². The normalized spacial score (nSPS) is 11.1. The number of phenols is 1. The second-order valence-electron chi connectivity index (χ2n) is 3.00. The summed E-state index contributed by atoms with van der Waals surface area (Å²) < 4.78 is 0. The van der Waals surface area contributed by atoms with Gasteiger partial charge >= 0.3 is 0 Å². The standard InChI is InChI=1S/C10H9N3O2S/c14-6-7-1-2-9(15)8(5-7)12-13-10-11-3-4-16-10/h1-5,14-15H,6H2. The van der Waals surface area contributed by atoms with Crippen molar-refractivity contribution < 1.29 is 10.2 Å². The smallest absolute Gasteiger partial charge is 0.229 e. The summed E-state index contributed by atoms with van der Waals surface area (Å²) in [5.74, 6) is 0.0255. The number of hydrogen-bond donors (Lipinski definition) is 2. The number of benzene rings is 1. The first-order valence-corrected chi connectivity index (χ1v) is 5.41. The molecular formula is C10H9N3O2S. The Balaban J connectivity index is 2.26. The third-order valence-corrected chi connectivity index (χ3v) is 2.54. The molecule has 0 aliphatic heterocycles. The molecule has 2 rings (SSSR count). The molecule has 0 aliphatic rings. The van der Waals surface area contributed by atoms with E-state index >= 15 is 0 Å². The number of aliphatic hydroxyl groups excluding tert-OH is 1. The van der Waals surface area contributed by atoms with Gasteiger partial charge in [0.2, 0.25) is 5.13 Å². The van der Waals surface area contributed by atoms with Crippen LogP contribution >= 0.6 is 11.3 Å². The van der Waals surface area contributed by atoms with Crippen LogP contribution < -0.4 is 0 Å². The van der Waals surface area contributed by atoms with Crippen LogP contribution in [0.15, 0.2) is 40.0 Å². The fourth-order valence-electron chi connectivity index (χ4n) is 1.11. The fourth-order valence-corrected chi connectivity index (χ4v) is 1.56. The van der Waals surface area contributed by atoms with E-state index in [4.69, 9.17) is 5.11 Å². The molecule has 1 aromatic carbocycles. The van der Waals surface area contributed by atoms with Gasteiger partial charge in [-0.25, -0.2) is 4.98 Å². The largest absolute Gasteiger partial charge is 0.506 e. The summed E-state index contributed by atoms with van der Waals surface area (Å²) in [4.78, 5) is 3.93. The lowest BCUT2D eigenvalue weighted by atomic mass is 10.2. The summed E-state index contributed by atoms with van der Waals surface area (Å²) in [6.45, 7) is -0.0972. The molecule has 0 aliphatic carbocycles. The molecule has 0 spiro atoms. The van der Waals surface area contributed by atoms with E-state index in [1.54, 1.807) is 23.7 Å². The Labute approximate surface area is 95.7 Å². The Kier molecular flexibility index (Phi) is 3.23. The minimum absolute atomic E-state index is 0.0255. The highest BCUT2D eigenvalue weighted by Gasteiger charge is 2.01. The van der Waals surface area contributed by atoms with Gasteiger partial charge in [0, 0.05) is 11.6 Å². The molecule has 2 aromatic rings. The van der Waals surface area contributed by atoms with E-state index in [1.165, 1.54) is 17.4 Å². The van der Waals surface area contributed by atoms with Crippen LogP contribution in [0.25, 0.3) is 0 Å². The molecule has 0 radical (unpaired) electrons. The molecule has 0 unspecified atom stereocenters. The van der Waals surface area contributed by atoms with E-state index < -0.39 is 0 Å². The average Bonchev–Trinajstić information content (AvgIpc) is 2.81. The molecule has 1 aromatic heterocycles. The van der Waals surface area contributed by atoms with E-state index in [0.29, 0.717) is 16.4 Å². The van der Waals surface area contributed by atoms with Crippen molar-refractivity contribution >= 4 is 22.2 Å². The van der Waals surface area contributed by atoms with Crippen LogP contribution in [0.3, 0.4) is 0 Å². The first kappa shape index (κ1) is 10.7. The van der Waals surface area contributed by atoms with Gasteiger partial charge in [0.25, 0.3) is 0 Å². The summed E-state index contributed by atoms with van der Waals surface area (Å²) >= 11 is 1.36. The lowest BCUT2D eigenvalue weighted by molar-refractivity contribution is 0.281. The summed E-state index contributed by atoms with van der Waals surface area (Å²) in [6.07, 6.45) is 1.63. The second-order valence-corrected chi connectivity index (χ2v) is 3.87. The molecule has 0 bridgehead atoms. The van der Waals surface area contributed by atoms with Gasteiger partial charge in [0.15, 0.2) is 0 Å². The topological polar surface area (TPSA) is 78.1 Å². The van der Waals surface area contributed by atoms with Crippen LogP contribution in [-0.4, -0.2) is 15.2 Å². The predicted octanol–water partition coefficient (Wildman–Crippen LogP) is 2.76. The first-order valence-electron chi connectivity index (χ1n) is 4.53. The molecule has 0 atom stereocenters. The second kappa shape index (κ2) is 4.82. The van der Waals surface area contributed by atoms with Crippen molar-refractivity contribution in [1.29, 1.82) is 0 Å². The number of aromatic hydroxyl groups is 1. The highest BCUT2D eigenvalue weighted by molar-refractivity contribution is 7.13. The molecule has 16 heavy (non-hydrogen) atoms. The van der Waals surface area contributed by atoms with Gasteiger partial charge in [-0.15, -0.1) is 21.6 Å². The number of rotatable bonds is 3. The van der Waals surface area contributed by atoms with Crippen LogP contribution in [0.1, 0.15) is 5.56 Å². The van der Waals surface area contributed by atoms with Crippen LogP contribution in [0.4, 0.5) is 10.8 Å². The minimum Gasteiger partial charge on any atom is -0.506 e. The SMILES string of the molecule is OCc1ccc(O)c(N=Nc2nccs2)c1. The molecule has 5 nitrogen and oxygen atoms in total. The van der Waals surface area contributed by atoms with Crippen molar-refractivity contribution in [2.45, 2.75) is 6.61 Å². The number of thiazole rings is 1. The summed E-state index contributed by atoms with van der Waals surface area (Å²) in [7, 11) is 0. The van der Waals surface area contributed by atoms with Crippen LogP contribution in [0.5, 0.6) is 5.75 Å². The molecule has 0 amide bonds. The lowest BCUT2D eigenvalue weighted by Crippen LogP contribution is -1.80.